The number of anilines is 1. The van der Waals surface area contributed by atoms with Crippen molar-refractivity contribution in [2.45, 2.75) is 24.5 Å². The third-order valence-electron chi connectivity index (χ3n) is 2.93. The standard InChI is InChI=1S/C13H16ClN3S/c1-8-5-4-6-11(12(8)15)18-7-10-9(2)16-17(3)13(10)14/h4-6H,7,15H2,1-3H3. The van der Waals surface area contributed by atoms with Gasteiger partial charge >= 0.3 is 0 Å². The van der Waals surface area contributed by atoms with Crippen molar-refractivity contribution >= 4 is 29.1 Å². The predicted molar refractivity (Wildman–Crippen MR) is 78.1 cm³/mol. The lowest BCUT2D eigenvalue weighted by atomic mass is 10.2. The van der Waals surface area contributed by atoms with Crippen LogP contribution in [-0.2, 0) is 12.8 Å². The van der Waals surface area contributed by atoms with E-state index in [0.29, 0.717) is 5.15 Å². The number of nitrogen functional groups attached to an aromatic ring is 1. The summed E-state index contributed by atoms with van der Waals surface area (Å²) in [6.45, 7) is 3.99. The Morgan fingerprint density at radius 1 is 1.39 bits per heavy atom. The number of halogens is 1. The number of aryl methyl sites for hydroxylation is 3. The van der Waals surface area contributed by atoms with E-state index in [1.165, 1.54) is 0 Å². The summed E-state index contributed by atoms with van der Waals surface area (Å²) in [6.07, 6.45) is 0. The first kappa shape index (κ1) is 13.3. The van der Waals surface area contributed by atoms with Crippen LogP contribution in [0.2, 0.25) is 5.15 Å². The molecule has 0 fully saturated rings. The van der Waals surface area contributed by atoms with Gasteiger partial charge in [0.15, 0.2) is 0 Å². The Kier molecular flexibility index (Phi) is 3.88. The number of nitrogens with two attached hydrogens (primary N) is 1. The van der Waals surface area contributed by atoms with Crippen LogP contribution in [0.5, 0.6) is 0 Å². The number of nitrogens with zero attached hydrogens (tertiary/aromatic N) is 2. The van der Waals surface area contributed by atoms with Gasteiger partial charge in [0.25, 0.3) is 0 Å². The topological polar surface area (TPSA) is 43.8 Å². The zero-order chi connectivity index (χ0) is 13.3. The number of hydrogen-bond acceptors (Lipinski definition) is 3. The van der Waals surface area contributed by atoms with E-state index in [9.17, 15) is 0 Å². The molecular weight excluding hydrogens is 266 g/mol. The van der Waals surface area contributed by atoms with Crippen LogP contribution in [0.3, 0.4) is 0 Å². The van der Waals surface area contributed by atoms with Gasteiger partial charge in [-0.3, -0.25) is 4.68 Å². The normalized spacial score (nSPS) is 10.9. The minimum atomic E-state index is 0.700. The van der Waals surface area contributed by atoms with Crippen LogP contribution >= 0.6 is 23.4 Å². The number of benzene rings is 1. The number of thioether (sulfide) groups is 1. The molecule has 0 amide bonds. The molecule has 18 heavy (non-hydrogen) atoms. The Morgan fingerprint density at radius 2 is 2.11 bits per heavy atom. The molecule has 1 aromatic heterocycles. The van der Waals surface area contributed by atoms with Gasteiger partial charge in [0, 0.05) is 28.9 Å². The van der Waals surface area contributed by atoms with Crippen LogP contribution in [0.4, 0.5) is 5.69 Å². The fraction of sp³-hybridized carbons (Fsp3) is 0.308. The van der Waals surface area contributed by atoms with Crippen molar-refractivity contribution in [2.24, 2.45) is 7.05 Å². The van der Waals surface area contributed by atoms with Gasteiger partial charge in [-0.15, -0.1) is 11.8 Å². The quantitative estimate of drug-likeness (QED) is 0.691. The van der Waals surface area contributed by atoms with Crippen molar-refractivity contribution < 1.29 is 0 Å². The van der Waals surface area contributed by atoms with E-state index < -0.39 is 0 Å². The van der Waals surface area contributed by atoms with Crippen LogP contribution in [0.25, 0.3) is 0 Å². The van der Waals surface area contributed by atoms with Crippen molar-refractivity contribution in [3.05, 3.63) is 40.2 Å². The van der Waals surface area contributed by atoms with Crippen LogP contribution < -0.4 is 5.73 Å². The largest absolute Gasteiger partial charge is 0.398 e. The zero-order valence-corrected chi connectivity index (χ0v) is 12.3. The highest BCUT2D eigenvalue weighted by Crippen LogP contribution is 2.32. The third-order valence-corrected chi connectivity index (χ3v) is 4.50. The molecule has 0 saturated heterocycles. The van der Waals surface area contributed by atoms with Gasteiger partial charge in [-0.1, -0.05) is 23.7 Å². The van der Waals surface area contributed by atoms with Gasteiger partial charge in [-0.25, -0.2) is 0 Å². The van der Waals surface area contributed by atoms with E-state index >= 15 is 0 Å². The van der Waals surface area contributed by atoms with E-state index in [-0.39, 0.29) is 0 Å². The summed E-state index contributed by atoms with van der Waals surface area (Å²) < 4.78 is 1.70. The molecule has 2 N–H and O–H groups in total. The minimum Gasteiger partial charge on any atom is -0.398 e. The number of aromatic nitrogens is 2. The van der Waals surface area contributed by atoms with E-state index in [1.807, 2.05) is 39.1 Å². The minimum absolute atomic E-state index is 0.700. The van der Waals surface area contributed by atoms with Gasteiger partial charge < -0.3 is 5.73 Å². The third kappa shape index (κ3) is 2.49. The summed E-state index contributed by atoms with van der Waals surface area (Å²) in [5, 5.41) is 5.00. The Labute approximate surface area is 116 Å². The molecule has 3 nitrogen and oxygen atoms in total. The molecule has 2 aromatic rings. The Hall–Kier alpha value is -1.13. The molecular formula is C13H16ClN3S. The van der Waals surface area contributed by atoms with Gasteiger partial charge in [-0.05, 0) is 25.5 Å². The van der Waals surface area contributed by atoms with Crippen molar-refractivity contribution in [3.8, 4) is 0 Å². The second-order valence-electron chi connectivity index (χ2n) is 4.25. The zero-order valence-electron chi connectivity index (χ0n) is 10.7. The van der Waals surface area contributed by atoms with Gasteiger partial charge in [0.2, 0.25) is 0 Å². The second kappa shape index (κ2) is 5.24. The SMILES string of the molecule is Cc1cccc(SCc2c(C)nn(C)c2Cl)c1N. The maximum atomic E-state index is 6.21. The highest BCUT2D eigenvalue weighted by molar-refractivity contribution is 7.98. The molecule has 0 aliphatic heterocycles. The first-order valence-corrected chi connectivity index (χ1v) is 7.03. The highest BCUT2D eigenvalue weighted by atomic mass is 35.5. The van der Waals surface area contributed by atoms with Crippen LogP contribution in [0.15, 0.2) is 23.1 Å². The van der Waals surface area contributed by atoms with Crippen molar-refractivity contribution in [2.75, 3.05) is 5.73 Å². The summed E-state index contributed by atoms with van der Waals surface area (Å²) >= 11 is 7.90. The Morgan fingerprint density at radius 3 is 2.72 bits per heavy atom. The average molecular weight is 282 g/mol. The van der Waals surface area contributed by atoms with Gasteiger partial charge in [0.05, 0.1) is 5.69 Å². The van der Waals surface area contributed by atoms with Gasteiger partial charge in [-0.2, -0.15) is 5.10 Å². The second-order valence-corrected chi connectivity index (χ2v) is 5.63. The average Bonchev–Trinajstić information content (AvgIpc) is 2.56. The van der Waals surface area contributed by atoms with E-state index in [1.54, 1.807) is 16.4 Å². The smallest absolute Gasteiger partial charge is 0.131 e. The molecule has 2 rings (SSSR count). The molecule has 1 heterocycles. The molecule has 0 aliphatic rings. The summed E-state index contributed by atoms with van der Waals surface area (Å²) in [6, 6.07) is 6.07. The van der Waals surface area contributed by atoms with E-state index in [0.717, 1.165) is 33.2 Å². The molecule has 0 atom stereocenters. The summed E-state index contributed by atoms with van der Waals surface area (Å²) in [5.74, 6) is 0.784. The highest BCUT2D eigenvalue weighted by Gasteiger charge is 2.12. The molecule has 0 aliphatic carbocycles. The maximum absolute atomic E-state index is 6.21. The lowest BCUT2D eigenvalue weighted by Gasteiger charge is -2.07. The molecule has 0 unspecified atom stereocenters. The molecule has 0 bridgehead atoms. The van der Waals surface area contributed by atoms with Crippen LogP contribution in [0.1, 0.15) is 16.8 Å². The predicted octanol–water partition coefficient (Wildman–Crippen LogP) is 3.56. The molecule has 96 valence electrons. The summed E-state index contributed by atoms with van der Waals surface area (Å²) in [7, 11) is 1.85. The van der Waals surface area contributed by atoms with Gasteiger partial charge in [0.1, 0.15) is 5.15 Å². The fourth-order valence-electron chi connectivity index (χ4n) is 1.77. The van der Waals surface area contributed by atoms with E-state index in [4.69, 9.17) is 17.3 Å². The molecule has 0 saturated carbocycles. The lowest BCUT2D eigenvalue weighted by Crippen LogP contribution is -1.93. The van der Waals surface area contributed by atoms with Crippen molar-refractivity contribution in [1.82, 2.24) is 9.78 Å². The Bertz CT molecular complexity index is 578. The monoisotopic (exact) mass is 281 g/mol. The molecule has 1 aromatic carbocycles. The van der Waals surface area contributed by atoms with Crippen LogP contribution in [0, 0.1) is 13.8 Å². The lowest BCUT2D eigenvalue weighted by molar-refractivity contribution is 0.757. The van der Waals surface area contributed by atoms with Crippen LogP contribution in [-0.4, -0.2) is 9.78 Å². The number of hydrogen-bond donors (Lipinski definition) is 1. The summed E-state index contributed by atoms with van der Waals surface area (Å²) in [5.41, 5.74) is 10.1. The first-order chi connectivity index (χ1) is 8.50. The molecule has 5 heteroatoms. The Balaban J connectivity index is 2.19. The molecule has 0 spiro atoms. The number of rotatable bonds is 3. The van der Waals surface area contributed by atoms with E-state index in [2.05, 4.69) is 5.10 Å². The molecule has 0 radical (unpaired) electrons. The first-order valence-electron chi connectivity index (χ1n) is 5.66. The van der Waals surface area contributed by atoms with Crippen molar-refractivity contribution in [3.63, 3.8) is 0 Å². The van der Waals surface area contributed by atoms with Crippen molar-refractivity contribution in [1.29, 1.82) is 0 Å². The number of para-hydroxylation sites is 1. The maximum Gasteiger partial charge on any atom is 0.131 e. The summed E-state index contributed by atoms with van der Waals surface area (Å²) in [4.78, 5) is 1.09. The fourth-order valence-corrected chi connectivity index (χ4v) is 3.22.